The van der Waals surface area contributed by atoms with Gasteiger partial charge >= 0.3 is 0 Å². The highest BCUT2D eigenvalue weighted by Crippen LogP contribution is 2.13. The molecule has 0 saturated heterocycles. The summed E-state index contributed by atoms with van der Waals surface area (Å²) in [5, 5.41) is 11.7. The van der Waals surface area contributed by atoms with Gasteiger partial charge in [-0.25, -0.2) is 15.0 Å². The molecule has 2 heterocycles. The fourth-order valence-corrected chi connectivity index (χ4v) is 1.06. The summed E-state index contributed by atoms with van der Waals surface area (Å²) in [7, 11) is 0. The summed E-state index contributed by atoms with van der Waals surface area (Å²) in [5.41, 5.74) is 0.463. The van der Waals surface area contributed by atoms with E-state index >= 15 is 0 Å². The molecule has 0 fully saturated rings. The number of rotatable bonds is 2. The molecule has 0 spiro atoms. The van der Waals surface area contributed by atoms with Gasteiger partial charge in [0.15, 0.2) is 5.82 Å². The van der Waals surface area contributed by atoms with Crippen molar-refractivity contribution in [2.45, 2.75) is 0 Å². The van der Waals surface area contributed by atoms with E-state index in [1.54, 1.807) is 36.8 Å². The SMILES string of the molecule is N#Cc1cccnc1Nc1ncccn1. The molecule has 0 bridgehead atoms. The Bertz CT molecular complexity index is 489. The van der Waals surface area contributed by atoms with Crippen LogP contribution in [0.4, 0.5) is 11.8 Å². The first kappa shape index (κ1) is 9.09. The standard InChI is InChI=1S/C10H7N5/c11-7-8-3-1-4-12-9(8)15-10-13-5-2-6-14-10/h1-6H,(H,12,13,14,15). The van der Waals surface area contributed by atoms with Crippen LogP contribution in [-0.2, 0) is 0 Å². The van der Waals surface area contributed by atoms with Crippen molar-refractivity contribution in [2.24, 2.45) is 0 Å². The van der Waals surface area contributed by atoms with Crippen LogP contribution in [0.2, 0.25) is 0 Å². The van der Waals surface area contributed by atoms with Gasteiger partial charge in [0.25, 0.3) is 0 Å². The quantitative estimate of drug-likeness (QED) is 0.789. The van der Waals surface area contributed by atoms with E-state index in [0.717, 1.165) is 0 Å². The Hall–Kier alpha value is -2.48. The molecule has 2 rings (SSSR count). The van der Waals surface area contributed by atoms with Crippen molar-refractivity contribution in [2.75, 3.05) is 5.32 Å². The van der Waals surface area contributed by atoms with Crippen LogP contribution < -0.4 is 5.32 Å². The molecule has 2 aromatic heterocycles. The highest BCUT2D eigenvalue weighted by atomic mass is 15.1. The van der Waals surface area contributed by atoms with Gasteiger partial charge in [0.1, 0.15) is 6.07 Å². The van der Waals surface area contributed by atoms with Gasteiger partial charge in [-0.2, -0.15) is 5.26 Å². The van der Waals surface area contributed by atoms with Crippen molar-refractivity contribution >= 4 is 11.8 Å². The predicted molar refractivity (Wildman–Crippen MR) is 54.3 cm³/mol. The molecule has 1 N–H and O–H groups in total. The minimum Gasteiger partial charge on any atom is -0.308 e. The topological polar surface area (TPSA) is 74.5 Å². The Morgan fingerprint density at radius 2 is 1.80 bits per heavy atom. The molecule has 0 saturated carbocycles. The second-order valence-corrected chi connectivity index (χ2v) is 2.71. The zero-order valence-electron chi connectivity index (χ0n) is 7.75. The van der Waals surface area contributed by atoms with Crippen LogP contribution in [0.15, 0.2) is 36.8 Å². The first-order valence-electron chi connectivity index (χ1n) is 4.29. The number of nitriles is 1. The van der Waals surface area contributed by atoms with E-state index in [0.29, 0.717) is 17.3 Å². The number of pyridine rings is 1. The molecule has 0 radical (unpaired) electrons. The second-order valence-electron chi connectivity index (χ2n) is 2.71. The van der Waals surface area contributed by atoms with Crippen LogP contribution >= 0.6 is 0 Å². The van der Waals surface area contributed by atoms with Gasteiger partial charge in [-0.15, -0.1) is 0 Å². The Morgan fingerprint density at radius 1 is 1.07 bits per heavy atom. The number of hydrogen-bond acceptors (Lipinski definition) is 5. The summed E-state index contributed by atoms with van der Waals surface area (Å²) in [4.78, 5) is 12.0. The molecule has 2 aromatic rings. The lowest BCUT2D eigenvalue weighted by Crippen LogP contribution is -1.99. The number of nitrogens with zero attached hydrogens (tertiary/aromatic N) is 4. The van der Waals surface area contributed by atoms with Crippen LogP contribution in [0.25, 0.3) is 0 Å². The maximum Gasteiger partial charge on any atom is 0.228 e. The van der Waals surface area contributed by atoms with Gasteiger partial charge in [-0.1, -0.05) is 0 Å². The fourth-order valence-electron chi connectivity index (χ4n) is 1.06. The van der Waals surface area contributed by atoms with Crippen LogP contribution in [0.3, 0.4) is 0 Å². The number of aromatic nitrogens is 3. The summed E-state index contributed by atoms with van der Waals surface area (Å²) in [6.07, 6.45) is 4.83. The van der Waals surface area contributed by atoms with E-state index in [9.17, 15) is 0 Å². The first-order chi connectivity index (χ1) is 7.40. The molecule has 5 nitrogen and oxygen atoms in total. The molecule has 0 aliphatic carbocycles. The average Bonchev–Trinajstić information content (AvgIpc) is 2.31. The van der Waals surface area contributed by atoms with E-state index in [4.69, 9.17) is 5.26 Å². The van der Waals surface area contributed by atoms with Gasteiger partial charge in [0.05, 0.1) is 5.56 Å². The summed E-state index contributed by atoms with van der Waals surface area (Å²) in [6.45, 7) is 0. The van der Waals surface area contributed by atoms with Crippen molar-refractivity contribution in [1.82, 2.24) is 15.0 Å². The summed E-state index contributed by atoms with van der Waals surface area (Å²) < 4.78 is 0. The molecule has 0 unspecified atom stereocenters. The maximum absolute atomic E-state index is 8.83. The molecule has 0 aliphatic rings. The molecule has 0 aromatic carbocycles. The Morgan fingerprint density at radius 3 is 2.53 bits per heavy atom. The highest BCUT2D eigenvalue weighted by molar-refractivity contribution is 5.57. The summed E-state index contributed by atoms with van der Waals surface area (Å²) in [5.74, 6) is 0.888. The van der Waals surface area contributed by atoms with Crippen molar-refractivity contribution in [3.8, 4) is 6.07 Å². The van der Waals surface area contributed by atoms with E-state index < -0.39 is 0 Å². The smallest absolute Gasteiger partial charge is 0.228 e. The lowest BCUT2D eigenvalue weighted by atomic mass is 10.3. The Kier molecular flexibility index (Phi) is 2.52. The minimum atomic E-state index is 0.424. The summed E-state index contributed by atoms with van der Waals surface area (Å²) >= 11 is 0. The van der Waals surface area contributed by atoms with Crippen LogP contribution in [0, 0.1) is 11.3 Å². The van der Waals surface area contributed by atoms with E-state index in [-0.39, 0.29) is 0 Å². The molecule has 72 valence electrons. The lowest BCUT2D eigenvalue weighted by molar-refractivity contribution is 1.14. The molecule has 5 heteroatoms. The molecular weight excluding hydrogens is 190 g/mol. The first-order valence-corrected chi connectivity index (χ1v) is 4.29. The largest absolute Gasteiger partial charge is 0.308 e. The zero-order valence-corrected chi connectivity index (χ0v) is 7.75. The van der Waals surface area contributed by atoms with Crippen molar-refractivity contribution < 1.29 is 0 Å². The second kappa shape index (κ2) is 4.15. The third-order valence-corrected chi connectivity index (χ3v) is 1.72. The molecule has 15 heavy (non-hydrogen) atoms. The lowest BCUT2D eigenvalue weighted by Gasteiger charge is -2.03. The average molecular weight is 197 g/mol. The van der Waals surface area contributed by atoms with Gasteiger partial charge < -0.3 is 5.32 Å². The number of nitrogens with one attached hydrogen (secondary N) is 1. The molecule has 0 amide bonds. The summed E-state index contributed by atoms with van der Waals surface area (Å²) in [6, 6.07) is 7.14. The normalized spacial score (nSPS) is 9.27. The fraction of sp³-hybridized carbons (Fsp3) is 0. The minimum absolute atomic E-state index is 0.424. The van der Waals surface area contributed by atoms with E-state index in [2.05, 4.69) is 20.3 Å². The third kappa shape index (κ3) is 2.06. The maximum atomic E-state index is 8.83. The number of hydrogen-bond donors (Lipinski definition) is 1. The number of anilines is 2. The van der Waals surface area contributed by atoms with Gasteiger partial charge in [-0.05, 0) is 18.2 Å². The van der Waals surface area contributed by atoms with Crippen molar-refractivity contribution in [3.63, 3.8) is 0 Å². The van der Waals surface area contributed by atoms with Crippen LogP contribution in [-0.4, -0.2) is 15.0 Å². The highest BCUT2D eigenvalue weighted by Gasteiger charge is 2.02. The Balaban J connectivity index is 2.29. The molecular formula is C10H7N5. The molecule has 0 aliphatic heterocycles. The molecule has 0 atom stereocenters. The van der Waals surface area contributed by atoms with Crippen molar-refractivity contribution in [1.29, 1.82) is 5.26 Å². The monoisotopic (exact) mass is 197 g/mol. The van der Waals surface area contributed by atoms with Gasteiger partial charge in [-0.3, -0.25) is 0 Å². The van der Waals surface area contributed by atoms with Crippen molar-refractivity contribution in [3.05, 3.63) is 42.4 Å². The predicted octanol–water partition coefficient (Wildman–Crippen LogP) is 1.49. The van der Waals surface area contributed by atoms with E-state index in [1.807, 2.05) is 6.07 Å². The van der Waals surface area contributed by atoms with Crippen LogP contribution in [0.5, 0.6) is 0 Å². The Labute approximate surface area is 86.5 Å². The van der Waals surface area contributed by atoms with Gasteiger partial charge in [0.2, 0.25) is 5.95 Å². The van der Waals surface area contributed by atoms with Crippen LogP contribution in [0.1, 0.15) is 5.56 Å². The zero-order chi connectivity index (χ0) is 10.5. The van der Waals surface area contributed by atoms with Gasteiger partial charge in [0, 0.05) is 18.6 Å². The third-order valence-electron chi connectivity index (χ3n) is 1.72. The van der Waals surface area contributed by atoms with E-state index in [1.165, 1.54) is 0 Å².